The minimum atomic E-state index is -5.81. The lowest BCUT2D eigenvalue weighted by molar-refractivity contribution is -0.313. The van der Waals surface area contributed by atoms with E-state index >= 15 is 0 Å². The molecule has 11 aliphatic rings. The third-order valence-electron chi connectivity index (χ3n) is 24.2. The summed E-state index contributed by atoms with van der Waals surface area (Å²) in [6.45, 7) is 38.3. The van der Waals surface area contributed by atoms with Crippen LogP contribution in [-0.2, 0) is 129 Å². The predicted molar refractivity (Wildman–Crippen MR) is 398 cm³/mol. The number of carbonyl (C=O) groups is 11. The van der Waals surface area contributed by atoms with E-state index in [-0.39, 0.29) is 73.9 Å². The van der Waals surface area contributed by atoms with Crippen LogP contribution in [0.5, 0.6) is 0 Å². The molecule has 0 amide bonds. The lowest BCUT2D eigenvalue weighted by Gasteiger charge is -2.59. The summed E-state index contributed by atoms with van der Waals surface area (Å²) in [5.74, 6) is -13.2. The summed E-state index contributed by atoms with van der Waals surface area (Å²) in [5.41, 5.74) is -3.56. The van der Waals surface area contributed by atoms with Gasteiger partial charge in [-0.05, 0) is 191 Å². The highest BCUT2D eigenvalue weighted by Crippen LogP contribution is 2.61. The van der Waals surface area contributed by atoms with E-state index in [1.54, 1.807) is 69.2 Å². The van der Waals surface area contributed by atoms with Crippen LogP contribution in [0, 0.1) is 56.7 Å². The lowest BCUT2D eigenvalue weighted by Crippen LogP contribution is -2.58. The summed E-state index contributed by atoms with van der Waals surface area (Å²) in [7, 11) is -1.85. The molecule has 1 spiro atoms. The number of fused-ring (bicyclic) bond motifs is 6. The van der Waals surface area contributed by atoms with Crippen molar-refractivity contribution in [2.45, 2.75) is 369 Å². The summed E-state index contributed by atoms with van der Waals surface area (Å²) >= 11 is 0. The van der Waals surface area contributed by atoms with Gasteiger partial charge >= 0.3 is 78.2 Å². The molecule has 0 radical (unpaired) electrons. The first-order valence-corrected chi connectivity index (χ1v) is 44.5. The van der Waals surface area contributed by atoms with Crippen molar-refractivity contribution in [3.8, 4) is 0 Å². The molecule has 6 heterocycles. The predicted octanol–water partition coefficient (Wildman–Crippen LogP) is 14.5. The first-order valence-electron chi connectivity index (χ1n) is 40.8. The van der Waals surface area contributed by atoms with Crippen LogP contribution >= 0.6 is 0 Å². The number of hydrogen-bond acceptors (Lipinski definition) is 27. The van der Waals surface area contributed by atoms with Gasteiger partial charge < -0.3 is 75.8 Å². The smallest absolute Gasteiger partial charge is 0.434 e. The Kier molecular flexibility index (Phi) is 32.9. The van der Waals surface area contributed by atoms with E-state index in [9.17, 15) is 101 Å². The molecule has 5 saturated carbocycles. The number of ketones is 1. The molecule has 688 valence electrons. The van der Waals surface area contributed by atoms with Gasteiger partial charge in [0.05, 0.1) is 41.4 Å². The molecule has 6 aliphatic heterocycles. The molecule has 39 heteroatoms. The Bertz CT molecular complexity index is 3610. The second-order valence-corrected chi connectivity index (χ2v) is 42.7. The quantitative estimate of drug-likeness (QED) is 0.0184. The maximum Gasteiger partial charge on any atom is 0.434 e. The highest BCUT2D eigenvalue weighted by atomic mass is 28.3. The number of halogens is 11. The Balaban J connectivity index is 0.000000244. The third kappa shape index (κ3) is 25.2. The fraction of sp³-hybridized carbons (Fsp3) is 0.864. The van der Waals surface area contributed by atoms with Crippen LogP contribution in [0.15, 0.2) is 0 Å². The molecule has 4 bridgehead atoms. The van der Waals surface area contributed by atoms with Crippen LogP contribution in [0.2, 0.25) is 19.6 Å². The van der Waals surface area contributed by atoms with E-state index < -0.39 is 206 Å². The Hall–Kier alpha value is -6.42. The molecule has 14 atom stereocenters. The SMILES string of the molecule is CCC(C)(C)C(=O)OC(C)C(F)(F)F.CCC(C)(C)C(=O)OC1(C)C2CC3CC(C2)CC1C3.CCC(C)(C)C(=O)OC1C(=O)OC2C3OC(C)(CCCC(=O)OC(C(F)(F)F)C(F)(F)F)OC3OC12.CCC(C)(C)C(=O)OC1C(=O)OC2C3OC4(CCC(F)(F)C4C(=O)OC[Si](C)(C)C)OC3OC12.CCC(C)(C)C(=O)OCCOC(=O)CC(C)=O. The number of esters is 10. The Morgan fingerprint density at radius 2 is 0.925 bits per heavy atom. The van der Waals surface area contributed by atoms with Crippen molar-refractivity contribution in [1.82, 2.24) is 0 Å². The van der Waals surface area contributed by atoms with Gasteiger partial charge in [0, 0.05) is 25.7 Å². The first kappa shape index (κ1) is 102. The second kappa shape index (κ2) is 38.6. The summed E-state index contributed by atoms with van der Waals surface area (Å²) < 4.78 is 226. The van der Waals surface area contributed by atoms with E-state index in [2.05, 4.69) is 23.3 Å². The van der Waals surface area contributed by atoms with Gasteiger partial charge in [-0.3, -0.25) is 43.2 Å². The van der Waals surface area contributed by atoms with Gasteiger partial charge in [-0.2, -0.15) is 39.5 Å². The molecule has 6 saturated heterocycles. The standard InChI is InChI=1S/C22H32F2O9Si.C21H26F6O9.C17H28O2.C12H20O5.C9H15F3O2/c1-7-20(2,3)19(27)31-13-11-12(29-16(13)25)14-18(30-11)33-22(32-14)9-8-21(23,24)15(22)17(26)28-10-34(4,5)6;1-5-18(2,3)17(30)34-12-10-11(32-14(12)29)13-15(33-10)36-19(4,35-13)8-6-7-9(28)31-16(20(22,23)24)21(25,26)27;1-5-16(2,3)15(18)19-17(4)13-7-11-6-12(9-13)10-14(17)8-11;1-5-12(3,4)11(15)17-7-6-16-10(14)8-9(2)13;1-5-8(3,4)7(13)14-6(2)9(10,11)12/h11-15,18H,7-10H2,1-6H3;10-13,15-16H,5-8H2,1-4H3;11-14H,5-10H2,1-4H3;5-8H2,1-4H3;6H,5H2,1-4H3. The van der Waals surface area contributed by atoms with Gasteiger partial charge in [0.15, 0.2) is 60.6 Å². The van der Waals surface area contributed by atoms with Gasteiger partial charge in [-0.1, -0.05) is 54.3 Å². The zero-order valence-electron chi connectivity index (χ0n) is 72.4. The van der Waals surface area contributed by atoms with Gasteiger partial charge in [-0.25, -0.2) is 18.4 Å². The average Bonchev–Trinajstić information content (AvgIpc) is 1.53. The Labute approximate surface area is 693 Å². The van der Waals surface area contributed by atoms with Gasteiger partial charge in [0.2, 0.25) is 12.2 Å². The van der Waals surface area contributed by atoms with Gasteiger partial charge in [-0.15, -0.1) is 0 Å². The van der Waals surface area contributed by atoms with Crippen molar-refractivity contribution in [2.75, 3.05) is 19.4 Å². The highest BCUT2D eigenvalue weighted by Gasteiger charge is 2.75. The average molecular weight is 1760 g/mol. The van der Waals surface area contributed by atoms with Crippen LogP contribution < -0.4 is 0 Å². The number of rotatable bonds is 27. The van der Waals surface area contributed by atoms with Crippen molar-refractivity contribution in [2.24, 2.45) is 56.7 Å². The third-order valence-corrected chi connectivity index (χ3v) is 25.2. The topological polar surface area (TPSA) is 335 Å². The molecule has 0 aromatic rings. The van der Waals surface area contributed by atoms with Crippen LogP contribution in [-0.4, -0.2) is 208 Å². The second-order valence-electron chi connectivity index (χ2n) is 37.3. The fourth-order valence-corrected chi connectivity index (χ4v) is 15.1. The van der Waals surface area contributed by atoms with Gasteiger partial charge in [0.25, 0.3) is 12.0 Å². The maximum atomic E-state index is 14.8. The molecule has 5 aliphatic carbocycles. The van der Waals surface area contributed by atoms with Crippen molar-refractivity contribution >= 4 is 73.6 Å². The van der Waals surface area contributed by atoms with E-state index in [4.69, 9.17) is 66.3 Å². The van der Waals surface area contributed by atoms with E-state index in [0.717, 1.165) is 25.2 Å². The van der Waals surface area contributed by atoms with Crippen molar-refractivity contribution in [1.29, 1.82) is 0 Å². The number of carbonyl (C=O) groups excluding carboxylic acids is 11. The van der Waals surface area contributed by atoms with Crippen LogP contribution in [0.3, 0.4) is 0 Å². The lowest BCUT2D eigenvalue weighted by atomic mass is 9.50. The van der Waals surface area contributed by atoms with Crippen LogP contribution in [0.1, 0.15) is 234 Å². The van der Waals surface area contributed by atoms with Crippen molar-refractivity contribution in [3.05, 3.63) is 0 Å². The Morgan fingerprint density at radius 3 is 1.36 bits per heavy atom. The summed E-state index contributed by atoms with van der Waals surface area (Å²) in [4.78, 5) is 131. The maximum absolute atomic E-state index is 14.8. The Morgan fingerprint density at radius 1 is 0.500 bits per heavy atom. The normalized spacial score (nSPS) is 30.9. The number of Topliss-reactive ketones (excluding diaryl/α,β-unsaturated/α-hetero) is 1. The zero-order valence-corrected chi connectivity index (χ0v) is 73.4. The van der Waals surface area contributed by atoms with Crippen LogP contribution in [0.4, 0.5) is 48.3 Å². The number of alkyl halides is 11. The molecule has 120 heavy (non-hydrogen) atoms. The van der Waals surface area contributed by atoms with Gasteiger partial charge in [0.1, 0.15) is 43.2 Å². The minimum Gasteiger partial charge on any atom is -0.469 e. The number of ether oxygens (including phenoxy) is 16. The van der Waals surface area contributed by atoms with Crippen molar-refractivity contribution < 1.29 is 177 Å². The molecule has 0 aromatic heterocycles. The summed E-state index contributed by atoms with van der Waals surface area (Å²) in [6, 6.07) is 0. The molecule has 14 unspecified atom stereocenters. The van der Waals surface area contributed by atoms with E-state index in [0.29, 0.717) is 37.5 Å². The number of hydrogen-bond donors (Lipinski definition) is 0. The minimum absolute atomic E-state index is 0.0162. The molecular weight excluding hydrogens is 1640 g/mol. The van der Waals surface area contributed by atoms with E-state index in [1.165, 1.54) is 46.0 Å². The molecule has 0 aromatic carbocycles. The molecular formula is C81H121F11O27Si. The molecule has 0 N–H and O–H groups in total. The molecule has 27 nitrogen and oxygen atoms in total. The van der Waals surface area contributed by atoms with Crippen LogP contribution in [0.25, 0.3) is 0 Å². The monoisotopic (exact) mass is 1760 g/mol. The van der Waals surface area contributed by atoms with Crippen molar-refractivity contribution in [3.63, 3.8) is 0 Å². The first-order chi connectivity index (χ1) is 54.7. The summed E-state index contributed by atoms with van der Waals surface area (Å²) in [5, 5.41) is 0. The molecule has 11 fully saturated rings. The highest BCUT2D eigenvalue weighted by molar-refractivity contribution is 6.76. The zero-order chi connectivity index (χ0) is 91.4. The largest absolute Gasteiger partial charge is 0.469 e. The fourth-order valence-electron chi connectivity index (χ4n) is 14.5. The van der Waals surface area contributed by atoms with E-state index in [1.807, 2.05) is 47.3 Å². The summed E-state index contributed by atoms with van der Waals surface area (Å²) in [6.07, 6.45) is -25.8. The molecule has 11 rings (SSSR count).